The van der Waals surface area contributed by atoms with Gasteiger partial charge in [-0.1, -0.05) is 6.07 Å². The Hall–Kier alpha value is -0.250. The van der Waals surface area contributed by atoms with E-state index in [1.165, 1.54) is 38.1 Å². The van der Waals surface area contributed by atoms with Crippen LogP contribution in [0.3, 0.4) is 0 Å². The number of nitrogens with zero attached hydrogens (tertiary/aromatic N) is 1. The van der Waals surface area contributed by atoms with Gasteiger partial charge in [0.25, 0.3) is 0 Å². The summed E-state index contributed by atoms with van der Waals surface area (Å²) in [6.07, 6.45) is 5.90. The molecule has 0 amide bonds. The van der Waals surface area contributed by atoms with Crippen molar-refractivity contribution in [3.8, 4) is 0 Å². The quantitative estimate of drug-likeness (QED) is 0.841. The number of pyridine rings is 1. The van der Waals surface area contributed by atoms with Gasteiger partial charge in [-0.25, -0.2) is 4.98 Å². The van der Waals surface area contributed by atoms with Gasteiger partial charge in [0, 0.05) is 6.20 Å². The maximum atomic E-state index is 4.31. The number of aromatic nitrogens is 1. The van der Waals surface area contributed by atoms with Crippen LogP contribution in [0, 0.1) is 5.92 Å². The van der Waals surface area contributed by atoms with Crippen molar-refractivity contribution in [1.82, 2.24) is 10.3 Å². The summed E-state index contributed by atoms with van der Waals surface area (Å²) in [5.41, 5.74) is 0. The Balaban J connectivity index is 0.00000128. The Kier molecular flexibility index (Phi) is 6.85. The molecular weight excluding hydrogens is 240 g/mol. The van der Waals surface area contributed by atoms with Crippen molar-refractivity contribution in [3.05, 3.63) is 24.4 Å². The molecule has 1 aromatic heterocycles. The highest BCUT2D eigenvalue weighted by Crippen LogP contribution is 2.22. The summed E-state index contributed by atoms with van der Waals surface area (Å²) in [5, 5.41) is 4.56. The van der Waals surface area contributed by atoms with E-state index in [-0.39, 0.29) is 12.4 Å². The van der Waals surface area contributed by atoms with E-state index < -0.39 is 0 Å². The molecule has 1 saturated heterocycles. The lowest BCUT2D eigenvalue weighted by atomic mass is 9.96. The van der Waals surface area contributed by atoms with Crippen LogP contribution < -0.4 is 5.32 Å². The molecule has 1 aromatic rings. The predicted molar refractivity (Wildman–Crippen MR) is 72.4 cm³/mol. The van der Waals surface area contributed by atoms with Crippen molar-refractivity contribution in [2.45, 2.75) is 24.3 Å². The molecule has 0 bridgehead atoms. The maximum Gasteiger partial charge on any atom is 0.0959 e. The van der Waals surface area contributed by atoms with Crippen LogP contribution in [0.5, 0.6) is 0 Å². The lowest BCUT2D eigenvalue weighted by molar-refractivity contribution is 0.367. The van der Waals surface area contributed by atoms with Gasteiger partial charge in [-0.2, -0.15) is 0 Å². The van der Waals surface area contributed by atoms with Crippen LogP contribution in [0.1, 0.15) is 19.3 Å². The van der Waals surface area contributed by atoms with Crippen LogP contribution in [0.15, 0.2) is 29.4 Å². The van der Waals surface area contributed by atoms with Crippen molar-refractivity contribution < 1.29 is 0 Å². The van der Waals surface area contributed by atoms with Crippen LogP contribution in [-0.4, -0.2) is 23.8 Å². The highest BCUT2D eigenvalue weighted by atomic mass is 35.5. The van der Waals surface area contributed by atoms with Gasteiger partial charge >= 0.3 is 0 Å². The zero-order chi connectivity index (χ0) is 10.3. The maximum absolute atomic E-state index is 4.31. The van der Waals surface area contributed by atoms with E-state index in [4.69, 9.17) is 0 Å². The monoisotopic (exact) mass is 258 g/mol. The first-order valence-electron chi connectivity index (χ1n) is 5.70. The number of piperidine rings is 1. The van der Waals surface area contributed by atoms with E-state index in [0.717, 1.165) is 10.9 Å². The van der Waals surface area contributed by atoms with Gasteiger partial charge in [-0.05, 0) is 56.2 Å². The predicted octanol–water partition coefficient (Wildman–Crippen LogP) is 2.99. The Bertz CT molecular complexity index is 276. The van der Waals surface area contributed by atoms with Crippen LogP contribution in [0.2, 0.25) is 0 Å². The lowest BCUT2D eigenvalue weighted by Crippen LogP contribution is -2.27. The van der Waals surface area contributed by atoms with E-state index in [9.17, 15) is 0 Å². The average molecular weight is 259 g/mol. The molecule has 0 aliphatic carbocycles. The molecule has 2 heterocycles. The summed E-state index contributed by atoms with van der Waals surface area (Å²) in [5.74, 6) is 2.14. The van der Waals surface area contributed by atoms with Crippen molar-refractivity contribution >= 4 is 24.2 Å². The molecule has 1 fully saturated rings. The van der Waals surface area contributed by atoms with Crippen LogP contribution in [0.4, 0.5) is 0 Å². The third-order valence-electron chi connectivity index (χ3n) is 2.87. The fourth-order valence-corrected chi connectivity index (χ4v) is 2.90. The second kappa shape index (κ2) is 7.93. The SMILES string of the molecule is Cl.c1ccc(SCCC2CCNCC2)nc1. The molecule has 16 heavy (non-hydrogen) atoms. The first-order valence-corrected chi connectivity index (χ1v) is 6.68. The fourth-order valence-electron chi connectivity index (χ4n) is 1.93. The van der Waals surface area contributed by atoms with Gasteiger partial charge in [0.1, 0.15) is 0 Å². The molecule has 1 aliphatic rings. The Labute approximate surface area is 108 Å². The van der Waals surface area contributed by atoms with Crippen molar-refractivity contribution in [2.24, 2.45) is 5.92 Å². The van der Waals surface area contributed by atoms with Crippen molar-refractivity contribution in [1.29, 1.82) is 0 Å². The molecule has 0 spiro atoms. The molecule has 0 radical (unpaired) electrons. The molecule has 2 nitrogen and oxygen atoms in total. The van der Waals surface area contributed by atoms with Crippen LogP contribution in [0.25, 0.3) is 0 Å². The van der Waals surface area contributed by atoms with Gasteiger partial charge < -0.3 is 5.32 Å². The van der Waals surface area contributed by atoms with Crippen molar-refractivity contribution in [2.75, 3.05) is 18.8 Å². The third-order valence-corrected chi connectivity index (χ3v) is 3.85. The number of hydrogen-bond acceptors (Lipinski definition) is 3. The molecule has 0 aromatic carbocycles. The van der Waals surface area contributed by atoms with E-state index in [2.05, 4.69) is 22.4 Å². The van der Waals surface area contributed by atoms with Crippen LogP contribution in [-0.2, 0) is 0 Å². The minimum absolute atomic E-state index is 0. The largest absolute Gasteiger partial charge is 0.317 e. The van der Waals surface area contributed by atoms with Gasteiger partial charge in [-0.3, -0.25) is 0 Å². The standard InChI is InChI=1S/C12H18N2S.ClH/c1-2-7-14-12(3-1)15-10-6-11-4-8-13-9-5-11;/h1-3,7,11,13H,4-6,8-10H2;1H. The van der Waals surface area contributed by atoms with Crippen LogP contribution >= 0.6 is 24.2 Å². The van der Waals surface area contributed by atoms with E-state index in [1.54, 1.807) is 0 Å². The molecule has 0 unspecified atom stereocenters. The summed E-state index contributed by atoms with van der Waals surface area (Å²) in [7, 11) is 0. The molecule has 1 aliphatic heterocycles. The Morgan fingerprint density at radius 3 is 2.81 bits per heavy atom. The smallest absolute Gasteiger partial charge is 0.0959 e. The highest BCUT2D eigenvalue weighted by Gasteiger charge is 2.12. The number of nitrogens with one attached hydrogen (secondary N) is 1. The number of rotatable bonds is 4. The summed E-state index contributed by atoms with van der Waals surface area (Å²) in [6.45, 7) is 2.41. The molecule has 2 rings (SSSR count). The minimum Gasteiger partial charge on any atom is -0.317 e. The van der Waals surface area contributed by atoms with E-state index in [0.29, 0.717) is 0 Å². The second-order valence-corrected chi connectivity index (χ2v) is 5.11. The molecule has 4 heteroatoms. The average Bonchev–Trinajstić information content (AvgIpc) is 2.32. The zero-order valence-corrected chi connectivity index (χ0v) is 11.0. The van der Waals surface area contributed by atoms with Gasteiger partial charge in [0.05, 0.1) is 5.03 Å². The third kappa shape index (κ3) is 4.73. The normalized spacial score (nSPS) is 16.8. The Morgan fingerprint density at radius 2 is 2.12 bits per heavy atom. The molecule has 90 valence electrons. The van der Waals surface area contributed by atoms with Gasteiger partial charge in [-0.15, -0.1) is 24.2 Å². The number of thioether (sulfide) groups is 1. The number of hydrogen-bond donors (Lipinski definition) is 1. The summed E-state index contributed by atoms with van der Waals surface area (Å²) in [6, 6.07) is 6.11. The topological polar surface area (TPSA) is 24.9 Å². The summed E-state index contributed by atoms with van der Waals surface area (Å²) >= 11 is 1.88. The molecule has 1 N–H and O–H groups in total. The second-order valence-electron chi connectivity index (χ2n) is 4.00. The fraction of sp³-hybridized carbons (Fsp3) is 0.583. The first-order chi connectivity index (χ1) is 7.45. The van der Waals surface area contributed by atoms with Crippen molar-refractivity contribution in [3.63, 3.8) is 0 Å². The van der Waals surface area contributed by atoms with Gasteiger partial charge in [0.2, 0.25) is 0 Å². The summed E-state index contributed by atoms with van der Waals surface area (Å²) in [4.78, 5) is 4.31. The van der Waals surface area contributed by atoms with Gasteiger partial charge in [0.15, 0.2) is 0 Å². The summed E-state index contributed by atoms with van der Waals surface area (Å²) < 4.78 is 0. The van der Waals surface area contributed by atoms with E-state index >= 15 is 0 Å². The molecule has 0 atom stereocenters. The zero-order valence-electron chi connectivity index (χ0n) is 9.39. The highest BCUT2D eigenvalue weighted by molar-refractivity contribution is 7.99. The number of halogens is 1. The van der Waals surface area contributed by atoms with E-state index in [1.807, 2.05) is 24.0 Å². The lowest BCUT2D eigenvalue weighted by Gasteiger charge is -2.22. The molecular formula is C12H19ClN2S. The molecule has 0 saturated carbocycles. The minimum atomic E-state index is 0. The Morgan fingerprint density at radius 1 is 1.31 bits per heavy atom. The first kappa shape index (κ1) is 13.8.